The number of benzene rings is 3. The molecule has 6 nitrogen and oxygen atoms in total. The quantitative estimate of drug-likeness (QED) is 0.652. The number of hydrogen-bond donors (Lipinski definition) is 1. The van der Waals surface area contributed by atoms with Gasteiger partial charge < -0.3 is 24.3 Å². The molecule has 31 heavy (non-hydrogen) atoms. The van der Waals surface area contributed by atoms with Crippen LogP contribution in [-0.4, -0.2) is 52.6 Å². The van der Waals surface area contributed by atoms with Crippen LogP contribution in [0, 0.1) is 6.92 Å². The van der Waals surface area contributed by atoms with E-state index in [1.54, 1.807) is 21.3 Å². The summed E-state index contributed by atoms with van der Waals surface area (Å²) in [5, 5.41) is 5.02. The SMILES string of the molecule is COc1cc(C)cc(OC)c1-c1ccc2cc(C(=O)N[C@H]3COC[C@H]3OC)ccc2c1. The van der Waals surface area contributed by atoms with Gasteiger partial charge in [0.1, 0.15) is 17.6 Å². The Balaban J connectivity index is 1.64. The summed E-state index contributed by atoms with van der Waals surface area (Å²) in [6.07, 6.45) is -0.119. The molecule has 162 valence electrons. The Morgan fingerprint density at radius 1 is 0.935 bits per heavy atom. The van der Waals surface area contributed by atoms with Crippen LogP contribution in [0.15, 0.2) is 48.5 Å². The van der Waals surface area contributed by atoms with Crippen molar-refractivity contribution in [2.45, 2.75) is 19.1 Å². The predicted octanol–water partition coefficient (Wildman–Crippen LogP) is 3.98. The number of nitrogens with one attached hydrogen (secondary N) is 1. The van der Waals surface area contributed by atoms with E-state index < -0.39 is 0 Å². The third-order valence-corrected chi connectivity index (χ3v) is 5.69. The highest BCUT2D eigenvalue weighted by Gasteiger charge is 2.29. The van der Waals surface area contributed by atoms with Crippen LogP contribution < -0.4 is 14.8 Å². The Bertz CT molecular complexity index is 1090. The first-order valence-corrected chi connectivity index (χ1v) is 10.2. The molecular formula is C25H27NO5. The van der Waals surface area contributed by atoms with Crippen LogP contribution in [0.5, 0.6) is 11.5 Å². The average Bonchev–Trinajstić information content (AvgIpc) is 3.24. The number of amides is 1. The fraction of sp³-hybridized carbons (Fsp3) is 0.320. The molecule has 1 fully saturated rings. The van der Waals surface area contributed by atoms with Crippen molar-refractivity contribution in [2.75, 3.05) is 34.5 Å². The summed E-state index contributed by atoms with van der Waals surface area (Å²) < 4.78 is 22.0. The van der Waals surface area contributed by atoms with Crippen LogP contribution in [0.3, 0.4) is 0 Å². The highest BCUT2D eigenvalue weighted by Crippen LogP contribution is 2.40. The second-order valence-electron chi connectivity index (χ2n) is 7.71. The summed E-state index contributed by atoms with van der Waals surface area (Å²) in [6, 6.07) is 15.7. The van der Waals surface area contributed by atoms with Gasteiger partial charge >= 0.3 is 0 Å². The van der Waals surface area contributed by atoms with Gasteiger partial charge in [-0.25, -0.2) is 0 Å². The van der Waals surface area contributed by atoms with Gasteiger partial charge in [-0.1, -0.05) is 18.2 Å². The third kappa shape index (κ3) is 4.22. The number of hydrogen-bond acceptors (Lipinski definition) is 5. The Labute approximate surface area is 182 Å². The zero-order valence-electron chi connectivity index (χ0n) is 18.2. The maximum atomic E-state index is 12.7. The highest BCUT2D eigenvalue weighted by atomic mass is 16.5. The number of methoxy groups -OCH3 is 3. The fourth-order valence-corrected chi connectivity index (χ4v) is 4.02. The Morgan fingerprint density at radius 3 is 2.29 bits per heavy atom. The third-order valence-electron chi connectivity index (χ3n) is 5.69. The van der Waals surface area contributed by atoms with Crippen molar-refractivity contribution in [1.29, 1.82) is 0 Å². The number of ether oxygens (including phenoxy) is 4. The maximum Gasteiger partial charge on any atom is 0.251 e. The second kappa shape index (κ2) is 8.96. The Hall–Kier alpha value is -3.09. The van der Waals surface area contributed by atoms with E-state index in [0.717, 1.165) is 39.0 Å². The second-order valence-corrected chi connectivity index (χ2v) is 7.71. The van der Waals surface area contributed by atoms with Gasteiger partial charge in [0.05, 0.1) is 39.0 Å². The summed E-state index contributed by atoms with van der Waals surface area (Å²) in [6.45, 7) is 2.96. The van der Waals surface area contributed by atoms with Crippen LogP contribution in [0.4, 0.5) is 0 Å². The number of fused-ring (bicyclic) bond motifs is 1. The van der Waals surface area contributed by atoms with Gasteiger partial charge in [0.25, 0.3) is 5.91 Å². The van der Waals surface area contributed by atoms with Gasteiger partial charge in [-0.2, -0.15) is 0 Å². The molecule has 0 aliphatic carbocycles. The van der Waals surface area contributed by atoms with Crippen molar-refractivity contribution in [1.82, 2.24) is 5.32 Å². The van der Waals surface area contributed by atoms with Crippen molar-refractivity contribution in [3.8, 4) is 22.6 Å². The minimum absolute atomic E-state index is 0.119. The first-order valence-electron chi connectivity index (χ1n) is 10.2. The van der Waals surface area contributed by atoms with Gasteiger partial charge in [0, 0.05) is 12.7 Å². The first-order chi connectivity index (χ1) is 15.0. The Kier molecular flexibility index (Phi) is 6.11. The van der Waals surface area contributed by atoms with Crippen LogP contribution in [0.1, 0.15) is 15.9 Å². The topological polar surface area (TPSA) is 66.0 Å². The average molecular weight is 421 g/mol. The van der Waals surface area contributed by atoms with E-state index in [1.165, 1.54) is 0 Å². The minimum Gasteiger partial charge on any atom is -0.496 e. The number of carbonyl (C=O) groups excluding carboxylic acids is 1. The van der Waals surface area contributed by atoms with Crippen molar-refractivity contribution in [2.24, 2.45) is 0 Å². The zero-order valence-corrected chi connectivity index (χ0v) is 18.2. The van der Waals surface area contributed by atoms with Gasteiger partial charge in [-0.3, -0.25) is 4.79 Å². The van der Waals surface area contributed by atoms with E-state index in [4.69, 9.17) is 18.9 Å². The largest absolute Gasteiger partial charge is 0.496 e. The molecule has 3 aromatic carbocycles. The molecule has 0 unspecified atom stereocenters. The normalized spacial score (nSPS) is 18.2. The number of aryl methyl sites for hydroxylation is 1. The standard InChI is InChI=1S/C25H27NO5/c1-15-9-21(28-2)24(22(10-15)29-3)18-7-5-17-12-19(8-6-16(17)11-18)25(27)26-20-13-31-14-23(20)30-4/h5-12,20,23H,13-14H2,1-4H3,(H,26,27)/t20-,23+/m0/s1. The summed E-state index contributed by atoms with van der Waals surface area (Å²) in [5.74, 6) is 1.39. The van der Waals surface area contributed by atoms with Gasteiger partial charge in [-0.15, -0.1) is 0 Å². The van der Waals surface area contributed by atoms with E-state index in [0.29, 0.717) is 18.8 Å². The lowest BCUT2D eigenvalue weighted by Gasteiger charge is -2.18. The molecule has 1 aliphatic rings. The predicted molar refractivity (Wildman–Crippen MR) is 120 cm³/mol. The molecule has 2 atom stereocenters. The lowest BCUT2D eigenvalue weighted by Crippen LogP contribution is -2.43. The van der Waals surface area contributed by atoms with E-state index in [1.807, 2.05) is 49.4 Å². The number of rotatable bonds is 6. The summed E-state index contributed by atoms with van der Waals surface area (Å²) in [7, 11) is 4.95. The van der Waals surface area contributed by atoms with Crippen molar-refractivity contribution in [3.05, 3.63) is 59.7 Å². The van der Waals surface area contributed by atoms with Crippen LogP contribution in [0.2, 0.25) is 0 Å². The van der Waals surface area contributed by atoms with Crippen LogP contribution in [-0.2, 0) is 9.47 Å². The van der Waals surface area contributed by atoms with Crippen molar-refractivity contribution in [3.63, 3.8) is 0 Å². The fourth-order valence-electron chi connectivity index (χ4n) is 4.02. The maximum absolute atomic E-state index is 12.7. The Morgan fingerprint density at radius 2 is 1.61 bits per heavy atom. The molecule has 0 bridgehead atoms. The van der Waals surface area contributed by atoms with E-state index in [9.17, 15) is 4.79 Å². The summed E-state index contributed by atoms with van der Waals surface area (Å²) >= 11 is 0. The van der Waals surface area contributed by atoms with Crippen molar-refractivity contribution < 1.29 is 23.7 Å². The minimum atomic E-state index is -0.142. The zero-order chi connectivity index (χ0) is 22.0. The monoisotopic (exact) mass is 421 g/mol. The summed E-state index contributed by atoms with van der Waals surface area (Å²) in [4.78, 5) is 12.7. The highest BCUT2D eigenvalue weighted by molar-refractivity contribution is 5.99. The molecule has 1 aliphatic heterocycles. The lowest BCUT2D eigenvalue weighted by atomic mass is 9.97. The van der Waals surface area contributed by atoms with Gasteiger partial charge in [0.2, 0.25) is 0 Å². The van der Waals surface area contributed by atoms with Crippen molar-refractivity contribution >= 4 is 16.7 Å². The molecule has 0 aromatic heterocycles. The van der Waals surface area contributed by atoms with E-state index >= 15 is 0 Å². The van der Waals surface area contributed by atoms with E-state index in [-0.39, 0.29) is 18.1 Å². The molecule has 1 N–H and O–H groups in total. The molecule has 0 spiro atoms. The smallest absolute Gasteiger partial charge is 0.251 e. The molecule has 6 heteroatoms. The molecule has 3 aromatic rings. The molecule has 1 amide bonds. The molecule has 1 saturated heterocycles. The first kappa shape index (κ1) is 21.2. The van der Waals surface area contributed by atoms with Crippen LogP contribution >= 0.6 is 0 Å². The molecule has 0 radical (unpaired) electrons. The molecular weight excluding hydrogens is 394 g/mol. The molecule has 0 saturated carbocycles. The molecule has 4 rings (SSSR count). The van der Waals surface area contributed by atoms with Gasteiger partial charge in [0.15, 0.2) is 0 Å². The lowest BCUT2D eigenvalue weighted by molar-refractivity contribution is 0.0685. The van der Waals surface area contributed by atoms with Gasteiger partial charge in [-0.05, 0) is 59.2 Å². The number of carbonyl (C=O) groups is 1. The van der Waals surface area contributed by atoms with Crippen LogP contribution in [0.25, 0.3) is 21.9 Å². The molecule has 1 heterocycles. The van der Waals surface area contributed by atoms with E-state index in [2.05, 4.69) is 11.4 Å². The summed E-state index contributed by atoms with van der Waals surface area (Å²) in [5.41, 5.74) is 3.57.